The molecule has 0 unspecified atom stereocenters. The van der Waals surface area contributed by atoms with E-state index in [9.17, 15) is 4.79 Å². The van der Waals surface area contributed by atoms with Crippen molar-refractivity contribution in [3.05, 3.63) is 33.8 Å². The van der Waals surface area contributed by atoms with Crippen LogP contribution < -0.4 is 5.32 Å². The van der Waals surface area contributed by atoms with Crippen LogP contribution in [0.25, 0.3) is 0 Å². The van der Waals surface area contributed by atoms with Crippen molar-refractivity contribution in [2.45, 2.75) is 19.1 Å². The van der Waals surface area contributed by atoms with Crippen LogP contribution in [0.4, 0.5) is 0 Å². The average molecular weight is 317 g/mol. The van der Waals surface area contributed by atoms with Crippen LogP contribution in [0.1, 0.15) is 18.5 Å². The molecule has 4 nitrogen and oxygen atoms in total. The van der Waals surface area contributed by atoms with Crippen molar-refractivity contribution in [3.63, 3.8) is 0 Å². The molecular weight excluding hydrogens is 299 g/mol. The Labute approximate surface area is 129 Å². The standard InChI is InChI=1S/C14H18Cl2N2O2/c1-9(11-4-3-10(15)7-12(11)16)18(2)14(19)13-8-17-5-6-20-13/h3-4,7,9,13,17H,5-6,8H2,1-2H3/t9-,13+/m1/s1. The van der Waals surface area contributed by atoms with Crippen LogP contribution in [0.2, 0.25) is 10.0 Å². The van der Waals surface area contributed by atoms with Gasteiger partial charge in [0.25, 0.3) is 5.91 Å². The van der Waals surface area contributed by atoms with Crippen LogP contribution in [-0.2, 0) is 9.53 Å². The maximum Gasteiger partial charge on any atom is 0.253 e. The van der Waals surface area contributed by atoms with E-state index in [-0.39, 0.29) is 11.9 Å². The molecule has 2 atom stereocenters. The van der Waals surface area contributed by atoms with Gasteiger partial charge in [-0.2, -0.15) is 0 Å². The van der Waals surface area contributed by atoms with Crippen molar-refractivity contribution in [2.24, 2.45) is 0 Å². The van der Waals surface area contributed by atoms with Crippen molar-refractivity contribution < 1.29 is 9.53 Å². The van der Waals surface area contributed by atoms with Crippen LogP contribution in [-0.4, -0.2) is 43.7 Å². The van der Waals surface area contributed by atoms with Gasteiger partial charge in [-0.1, -0.05) is 29.3 Å². The molecule has 2 rings (SSSR count). The number of hydrogen-bond donors (Lipinski definition) is 1. The summed E-state index contributed by atoms with van der Waals surface area (Å²) in [5, 5.41) is 4.30. The van der Waals surface area contributed by atoms with Gasteiger partial charge in [0.05, 0.1) is 12.6 Å². The lowest BCUT2D eigenvalue weighted by Crippen LogP contribution is -2.48. The lowest BCUT2D eigenvalue weighted by molar-refractivity contribution is -0.145. The van der Waals surface area contributed by atoms with E-state index in [1.54, 1.807) is 24.1 Å². The molecular formula is C14H18Cl2N2O2. The molecule has 1 saturated heterocycles. The number of hydrogen-bond acceptors (Lipinski definition) is 3. The maximum absolute atomic E-state index is 12.4. The molecule has 1 fully saturated rings. The first-order valence-corrected chi connectivity index (χ1v) is 7.30. The minimum atomic E-state index is -0.428. The van der Waals surface area contributed by atoms with Gasteiger partial charge in [-0.25, -0.2) is 0 Å². The van der Waals surface area contributed by atoms with Crippen LogP contribution in [0.5, 0.6) is 0 Å². The smallest absolute Gasteiger partial charge is 0.253 e. The molecule has 0 aromatic heterocycles. The summed E-state index contributed by atoms with van der Waals surface area (Å²) in [5.41, 5.74) is 0.871. The maximum atomic E-state index is 12.4. The molecule has 20 heavy (non-hydrogen) atoms. The third kappa shape index (κ3) is 3.44. The number of rotatable bonds is 3. The van der Waals surface area contributed by atoms with Gasteiger partial charge < -0.3 is 15.0 Å². The second kappa shape index (κ2) is 6.76. The molecule has 0 aliphatic carbocycles. The Morgan fingerprint density at radius 3 is 2.85 bits per heavy atom. The molecule has 1 aromatic carbocycles. The average Bonchev–Trinajstić information content (AvgIpc) is 2.46. The predicted octanol–water partition coefficient (Wildman–Crippen LogP) is 2.50. The van der Waals surface area contributed by atoms with E-state index >= 15 is 0 Å². The highest BCUT2D eigenvalue weighted by Crippen LogP contribution is 2.29. The van der Waals surface area contributed by atoms with Crippen LogP contribution >= 0.6 is 23.2 Å². The molecule has 1 amide bonds. The lowest BCUT2D eigenvalue weighted by Gasteiger charge is -2.31. The summed E-state index contributed by atoms with van der Waals surface area (Å²) < 4.78 is 5.49. The van der Waals surface area contributed by atoms with Gasteiger partial charge in [-0.3, -0.25) is 4.79 Å². The third-order valence-corrected chi connectivity index (χ3v) is 4.11. The SMILES string of the molecule is C[C@H](c1ccc(Cl)cc1Cl)N(C)C(=O)[C@@H]1CNCCO1. The van der Waals surface area contributed by atoms with E-state index < -0.39 is 6.10 Å². The van der Waals surface area contributed by atoms with Crippen molar-refractivity contribution >= 4 is 29.1 Å². The summed E-state index contributed by atoms with van der Waals surface area (Å²) in [6.07, 6.45) is -0.428. The fourth-order valence-corrected chi connectivity index (χ4v) is 2.76. The van der Waals surface area contributed by atoms with Crippen molar-refractivity contribution in [2.75, 3.05) is 26.7 Å². The fourth-order valence-electron chi connectivity index (χ4n) is 2.19. The fraction of sp³-hybridized carbons (Fsp3) is 0.500. The summed E-state index contributed by atoms with van der Waals surface area (Å²) in [4.78, 5) is 14.0. The van der Waals surface area contributed by atoms with E-state index in [1.165, 1.54) is 0 Å². The van der Waals surface area contributed by atoms with Gasteiger partial charge in [0.1, 0.15) is 6.10 Å². The summed E-state index contributed by atoms with van der Waals surface area (Å²) in [6.45, 7) is 3.82. The Morgan fingerprint density at radius 2 is 2.25 bits per heavy atom. The molecule has 110 valence electrons. The molecule has 1 aliphatic rings. The summed E-state index contributed by atoms with van der Waals surface area (Å²) >= 11 is 12.1. The van der Waals surface area contributed by atoms with Crippen LogP contribution in [0.15, 0.2) is 18.2 Å². The van der Waals surface area contributed by atoms with Gasteiger partial charge in [0.2, 0.25) is 0 Å². The highest BCUT2D eigenvalue weighted by Gasteiger charge is 2.28. The molecule has 1 heterocycles. The summed E-state index contributed by atoms with van der Waals surface area (Å²) in [7, 11) is 1.76. The van der Waals surface area contributed by atoms with Gasteiger partial charge in [-0.15, -0.1) is 0 Å². The molecule has 1 aliphatic heterocycles. The number of ether oxygens (including phenoxy) is 1. The molecule has 0 spiro atoms. The van der Waals surface area contributed by atoms with Gasteiger partial charge >= 0.3 is 0 Å². The number of carbonyl (C=O) groups is 1. The van der Waals surface area contributed by atoms with E-state index in [0.29, 0.717) is 23.2 Å². The minimum absolute atomic E-state index is 0.0456. The second-order valence-electron chi connectivity index (χ2n) is 4.85. The number of likely N-dealkylation sites (N-methyl/N-ethyl adjacent to an activating group) is 1. The predicted molar refractivity (Wildman–Crippen MR) is 80.3 cm³/mol. The molecule has 0 saturated carbocycles. The Kier molecular flexibility index (Phi) is 5.27. The zero-order valence-electron chi connectivity index (χ0n) is 11.5. The first-order valence-electron chi connectivity index (χ1n) is 6.54. The lowest BCUT2D eigenvalue weighted by atomic mass is 10.1. The summed E-state index contributed by atoms with van der Waals surface area (Å²) in [6, 6.07) is 5.17. The van der Waals surface area contributed by atoms with Crippen LogP contribution in [0, 0.1) is 0 Å². The number of nitrogens with zero attached hydrogens (tertiary/aromatic N) is 1. The van der Waals surface area contributed by atoms with E-state index in [0.717, 1.165) is 12.1 Å². The minimum Gasteiger partial charge on any atom is -0.366 e. The van der Waals surface area contributed by atoms with Gasteiger partial charge in [0, 0.05) is 30.2 Å². The molecule has 0 bridgehead atoms. The quantitative estimate of drug-likeness (QED) is 0.931. The molecule has 1 aromatic rings. The number of amides is 1. The normalized spacial score (nSPS) is 20.5. The Balaban J connectivity index is 2.10. The number of benzene rings is 1. The largest absolute Gasteiger partial charge is 0.366 e. The zero-order valence-corrected chi connectivity index (χ0v) is 13.0. The molecule has 1 N–H and O–H groups in total. The monoisotopic (exact) mass is 316 g/mol. The first-order chi connectivity index (χ1) is 9.50. The number of nitrogens with one attached hydrogen (secondary N) is 1. The topological polar surface area (TPSA) is 41.6 Å². The molecule has 0 radical (unpaired) electrons. The van der Waals surface area contributed by atoms with Crippen LogP contribution in [0.3, 0.4) is 0 Å². The number of morpholine rings is 1. The zero-order chi connectivity index (χ0) is 14.7. The number of carbonyl (C=O) groups excluding carboxylic acids is 1. The van der Waals surface area contributed by atoms with E-state index in [2.05, 4.69) is 5.32 Å². The molecule has 6 heteroatoms. The van der Waals surface area contributed by atoms with Crippen molar-refractivity contribution in [3.8, 4) is 0 Å². The highest BCUT2D eigenvalue weighted by molar-refractivity contribution is 6.35. The Bertz CT molecular complexity index is 490. The second-order valence-corrected chi connectivity index (χ2v) is 5.70. The first kappa shape index (κ1) is 15.6. The van der Waals surface area contributed by atoms with E-state index in [4.69, 9.17) is 27.9 Å². The number of halogens is 2. The Hall–Kier alpha value is -0.810. The van der Waals surface area contributed by atoms with Gasteiger partial charge in [-0.05, 0) is 24.6 Å². The third-order valence-electron chi connectivity index (χ3n) is 3.54. The van der Waals surface area contributed by atoms with Crippen molar-refractivity contribution in [1.82, 2.24) is 10.2 Å². The van der Waals surface area contributed by atoms with E-state index in [1.807, 2.05) is 13.0 Å². The Morgan fingerprint density at radius 1 is 1.50 bits per heavy atom. The van der Waals surface area contributed by atoms with Gasteiger partial charge in [0.15, 0.2) is 0 Å². The highest BCUT2D eigenvalue weighted by atomic mass is 35.5. The summed E-state index contributed by atoms with van der Waals surface area (Å²) in [5.74, 6) is -0.0456. The van der Waals surface area contributed by atoms with Crippen molar-refractivity contribution in [1.29, 1.82) is 0 Å².